The van der Waals surface area contributed by atoms with Gasteiger partial charge in [0, 0.05) is 23.4 Å². The Morgan fingerprint density at radius 3 is 2.94 bits per heavy atom. The number of carbonyl (C=O) groups excluding carboxylic acids is 1. The Balaban J connectivity index is 2.99. The Labute approximate surface area is 103 Å². The van der Waals surface area contributed by atoms with E-state index in [0.29, 0.717) is 12.1 Å². The summed E-state index contributed by atoms with van der Waals surface area (Å²) in [6.07, 6.45) is 0.423. The second kappa shape index (κ2) is 6.31. The molecule has 0 unspecified atom stereocenters. The van der Waals surface area contributed by atoms with Crippen molar-refractivity contribution in [2.24, 2.45) is 0 Å². The molecule has 16 heavy (non-hydrogen) atoms. The van der Waals surface area contributed by atoms with Gasteiger partial charge in [-0.05, 0) is 18.2 Å². The van der Waals surface area contributed by atoms with Crippen molar-refractivity contribution in [3.63, 3.8) is 0 Å². The highest BCUT2D eigenvalue weighted by atomic mass is 79.9. The van der Waals surface area contributed by atoms with E-state index in [0.717, 1.165) is 10.0 Å². The van der Waals surface area contributed by atoms with Crippen molar-refractivity contribution >= 4 is 27.5 Å². The van der Waals surface area contributed by atoms with Crippen LogP contribution < -0.4 is 5.32 Å². The van der Waals surface area contributed by atoms with Gasteiger partial charge in [0.15, 0.2) is 0 Å². The Morgan fingerprint density at radius 1 is 1.56 bits per heavy atom. The summed E-state index contributed by atoms with van der Waals surface area (Å²) >= 11 is 3.34. The Morgan fingerprint density at radius 2 is 2.31 bits per heavy atom. The Kier molecular flexibility index (Phi) is 5.03. The highest BCUT2D eigenvalue weighted by Crippen LogP contribution is 2.20. The summed E-state index contributed by atoms with van der Waals surface area (Å²) in [5, 5.41) is 11.3. The number of aliphatic hydroxyl groups excluding tert-OH is 1. The number of halogens is 1. The van der Waals surface area contributed by atoms with Crippen LogP contribution in [0.15, 0.2) is 22.7 Å². The average Bonchev–Trinajstić information content (AvgIpc) is 2.22. The zero-order valence-electron chi connectivity index (χ0n) is 8.88. The second-order valence-corrected chi connectivity index (χ2v) is 4.06. The highest BCUT2D eigenvalue weighted by Gasteiger charge is 2.02. The molecule has 0 radical (unpaired) electrons. The molecule has 0 saturated heterocycles. The molecule has 2 N–H and O–H groups in total. The third kappa shape index (κ3) is 4.05. The summed E-state index contributed by atoms with van der Waals surface area (Å²) in [4.78, 5) is 11.0. The van der Waals surface area contributed by atoms with Gasteiger partial charge in [-0.15, -0.1) is 0 Å². The fraction of sp³-hybridized carbons (Fsp3) is 0.250. The van der Waals surface area contributed by atoms with Crippen LogP contribution >= 0.6 is 15.9 Å². The fourth-order valence-corrected chi connectivity index (χ4v) is 1.49. The standard InChI is InChI=1S/C12H12BrNO2/c1-9(16)14-12-6-5-11(13)8-10(12)4-2-3-7-15/h5-6,8,15H,3,7H2,1H3,(H,14,16). The number of nitrogens with one attached hydrogen (secondary N) is 1. The molecule has 1 aromatic rings. The molecular weight excluding hydrogens is 270 g/mol. The van der Waals surface area contributed by atoms with Gasteiger partial charge in [-0.2, -0.15) is 0 Å². The zero-order valence-corrected chi connectivity index (χ0v) is 10.5. The maximum atomic E-state index is 11.0. The van der Waals surface area contributed by atoms with E-state index in [1.54, 1.807) is 6.07 Å². The minimum atomic E-state index is -0.132. The van der Waals surface area contributed by atoms with E-state index < -0.39 is 0 Å². The SMILES string of the molecule is CC(=O)Nc1ccc(Br)cc1C#CCCO. The van der Waals surface area contributed by atoms with Gasteiger partial charge >= 0.3 is 0 Å². The number of aliphatic hydroxyl groups is 1. The van der Waals surface area contributed by atoms with Gasteiger partial charge < -0.3 is 10.4 Å². The summed E-state index contributed by atoms with van der Waals surface area (Å²) in [6, 6.07) is 5.45. The maximum absolute atomic E-state index is 11.0. The lowest BCUT2D eigenvalue weighted by atomic mass is 10.1. The van der Waals surface area contributed by atoms with E-state index in [4.69, 9.17) is 5.11 Å². The molecule has 0 saturated carbocycles. The van der Waals surface area contributed by atoms with Crippen LogP contribution in [0.25, 0.3) is 0 Å². The van der Waals surface area contributed by atoms with Crippen LogP contribution in [0.2, 0.25) is 0 Å². The zero-order chi connectivity index (χ0) is 12.0. The summed E-state index contributed by atoms with van der Waals surface area (Å²) in [6.45, 7) is 1.49. The summed E-state index contributed by atoms with van der Waals surface area (Å²) in [5.41, 5.74) is 1.42. The van der Waals surface area contributed by atoms with Gasteiger partial charge in [0.05, 0.1) is 12.3 Å². The van der Waals surface area contributed by atoms with E-state index in [2.05, 4.69) is 33.1 Å². The molecule has 84 valence electrons. The molecule has 0 bridgehead atoms. The van der Waals surface area contributed by atoms with Crippen molar-refractivity contribution in [3.8, 4) is 11.8 Å². The minimum Gasteiger partial charge on any atom is -0.395 e. The van der Waals surface area contributed by atoms with Gasteiger partial charge in [-0.3, -0.25) is 4.79 Å². The number of hydrogen-bond acceptors (Lipinski definition) is 2. The van der Waals surface area contributed by atoms with Crippen molar-refractivity contribution in [1.29, 1.82) is 0 Å². The normalized spacial score (nSPS) is 9.19. The monoisotopic (exact) mass is 281 g/mol. The summed E-state index contributed by atoms with van der Waals surface area (Å²) in [7, 11) is 0. The maximum Gasteiger partial charge on any atom is 0.221 e. The van der Waals surface area contributed by atoms with E-state index in [1.165, 1.54) is 6.92 Å². The molecule has 4 heteroatoms. The minimum absolute atomic E-state index is 0.0382. The lowest BCUT2D eigenvalue weighted by Gasteiger charge is -2.05. The first-order chi connectivity index (χ1) is 7.63. The number of benzene rings is 1. The van der Waals surface area contributed by atoms with Crippen LogP contribution in [-0.2, 0) is 4.79 Å². The van der Waals surface area contributed by atoms with Gasteiger partial charge in [-0.25, -0.2) is 0 Å². The van der Waals surface area contributed by atoms with Crippen LogP contribution in [0, 0.1) is 11.8 Å². The molecule has 0 fully saturated rings. The predicted octanol–water partition coefficient (Wildman–Crippen LogP) is 2.14. The van der Waals surface area contributed by atoms with Gasteiger partial charge in [0.2, 0.25) is 5.91 Å². The topological polar surface area (TPSA) is 49.3 Å². The first kappa shape index (κ1) is 12.8. The van der Waals surface area contributed by atoms with Crippen molar-refractivity contribution in [2.75, 3.05) is 11.9 Å². The second-order valence-electron chi connectivity index (χ2n) is 3.15. The van der Waals surface area contributed by atoms with E-state index in [1.807, 2.05) is 12.1 Å². The quantitative estimate of drug-likeness (QED) is 0.816. The molecule has 0 aromatic heterocycles. The molecule has 3 nitrogen and oxygen atoms in total. The molecule has 0 spiro atoms. The third-order valence-electron chi connectivity index (χ3n) is 1.75. The molecule has 1 rings (SSSR count). The number of hydrogen-bond donors (Lipinski definition) is 2. The molecule has 0 atom stereocenters. The molecule has 0 aliphatic carbocycles. The van der Waals surface area contributed by atoms with Crippen molar-refractivity contribution in [3.05, 3.63) is 28.2 Å². The third-order valence-corrected chi connectivity index (χ3v) is 2.25. The number of anilines is 1. The Hall–Kier alpha value is -1.31. The highest BCUT2D eigenvalue weighted by molar-refractivity contribution is 9.10. The van der Waals surface area contributed by atoms with Crippen LogP contribution in [0.5, 0.6) is 0 Å². The van der Waals surface area contributed by atoms with Gasteiger partial charge in [-0.1, -0.05) is 27.8 Å². The van der Waals surface area contributed by atoms with E-state index in [9.17, 15) is 4.79 Å². The lowest BCUT2D eigenvalue weighted by Crippen LogP contribution is -2.07. The largest absolute Gasteiger partial charge is 0.395 e. The summed E-state index contributed by atoms with van der Waals surface area (Å²) in [5.74, 6) is 5.59. The first-order valence-corrected chi connectivity index (χ1v) is 5.59. The van der Waals surface area contributed by atoms with Crippen molar-refractivity contribution in [2.45, 2.75) is 13.3 Å². The van der Waals surface area contributed by atoms with Crippen LogP contribution in [0.4, 0.5) is 5.69 Å². The van der Waals surface area contributed by atoms with E-state index in [-0.39, 0.29) is 12.5 Å². The average molecular weight is 282 g/mol. The first-order valence-electron chi connectivity index (χ1n) is 4.80. The van der Waals surface area contributed by atoms with Crippen LogP contribution in [0.1, 0.15) is 18.9 Å². The smallest absolute Gasteiger partial charge is 0.221 e. The number of amides is 1. The molecule has 0 heterocycles. The van der Waals surface area contributed by atoms with Crippen molar-refractivity contribution < 1.29 is 9.90 Å². The van der Waals surface area contributed by atoms with Crippen molar-refractivity contribution in [1.82, 2.24) is 0 Å². The van der Waals surface area contributed by atoms with Crippen LogP contribution in [0.3, 0.4) is 0 Å². The molecular formula is C12H12BrNO2. The lowest BCUT2D eigenvalue weighted by molar-refractivity contribution is -0.114. The molecule has 0 aliphatic heterocycles. The predicted molar refractivity (Wildman–Crippen MR) is 67.0 cm³/mol. The summed E-state index contributed by atoms with van der Waals surface area (Å²) < 4.78 is 0.898. The van der Waals surface area contributed by atoms with Crippen LogP contribution in [-0.4, -0.2) is 17.6 Å². The molecule has 1 amide bonds. The molecule has 0 aliphatic rings. The van der Waals surface area contributed by atoms with E-state index >= 15 is 0 Å². The molecule has 1 aromatic carbocycles. The Bertz CT molecular complexity index is 446. The van der Waals surface area contributed by atoms with Gasteiger partial charge in [0.1, 0.15) is 0 Å². The fourth-order valence-electron chi connectivity index (χ4n) is 1.13. The van der Waals surface area contributed by atoms with Gasteiger partial charge in [0.25, 0.3) is 0 Å². The number of rotatable bonds is 2. The number of carbonyl (C=O) groups is 1.